The Kier molecular flexibility index (Phi) is 6.37. The van der Waals surface area contributed by atoms with Crippen molar-refractivity contribution in [1.82, 2.24) is 15.3 Å². The highest BCUT2D eigenvalue weighted by Gasteiger charge is 2.23. The first-order valence-corrected chi connectivity index (χ1v) is 9.12. The van der Waals surface area contributed by atoms with Crippen molar-refractivity contribution in [2.75, 3.05) is 0 Å². The normalized spacial score (nSPS) is 12.5. The van der Waals surface area contributed by atoms with Gasteiger partial charge in [0.15, 0.2) is 0 Å². The molecule has 2 aromatic rings. The minimum atomic E-state index is -0.331. The third kappa shape index (κ3) is 5.06. The molecule has 128 valence electrons. The molecule has 1 amide bonds. The first-order chi connectivity index (χ1) is 11.4. The van der Waals surface area contributed by atoms with Gasteiger partial charge in [0.2, 0.25) is 5.91 Å². The second-order valence-electron chi connectivity index (χ2n) is 6.43. The van der Waals surface area contributed by atoms with Gasteiger partial charge in [0.25, 0.3) is 0 Å². The maximum absolute atomic E-state index is 12.7. The van der Waals surface area contributed by atoms with Crippen molar-refractivity contribution in [2.24, 2.45) is 0 Å². The van der Waals surface area contributed by atoms with E-state index in [-0.39, 0.29) is 23.1 Å². The summed E-state index contributed by atoms with van der Waals surface area (Å²) in [5, 5.41) is 3.51. The van der Waals surface area contributed by atoms with E-state index >= 15 is 0 Å². The number of nitrogens with zero attached hydrogens (tertiary/aromatic N) is 2. The highest BCUT2D eigenvalue weighted by Crippen LogP contribution is 2.35. The molecule has 0 radical (unpaired) electrons. The Labute approximate surface area is 148 Å². The smallest absolute Gasteiger partial charge is 0.238 e. The molecule has 0 aliphatic rings. The van der Waals surface area contributed by atoms with Gasteiger partial charge in [-0.25, -0.2) is 9.97 Å². The second-order valence-corrected chi connectivity index (χ2v) is 7.56. The molecule has 0 fully saturated rings. The predicted molar refractivity (Wildman–Crippen MR) is 99.2 cm³/mol. The summed E-state index contributed by atoms with van der Waals surface area (Å²) in [5.41, 5.74) is 1.90. The van der Waals surface area contributed by atoms with Gasteiger partial charge in [-0.1, -0.05) is 55.9 Å². The molecule has 1 atom stereocenters. The maximum Gasteiger partial charge on any atom is 0.238 e. The van der Waals surface area contributed by atoms with Gasteiger partial charge in [0, 0.05) is 17.7 Å². The van der Waals surface area contributed by atoms with E-state index in [1.54, 1.807) is 0 Å². The highest BCUT2D eigenvalue weighted by atomic mass is 32.2. The van der Waals surface area contributed by atoms with Gasteiger partial charge in [0.1, 0.15) is 16.1 Å². The van der Waals surface area contributed by atoms with E-state index in [0.717, 1.165) is 22.1 Å². The van der Waals surface area contributed by atoms with Crippen molar-refractivity contribution in [3.8, 4) is 0 Å². The Bertz CT molecular complexity index is 686. The zero-order valence-electron chi connectivity index (χ0n) is 14.9. The minimum absolute atomic E-state index is 0.00330. The number of carbonyl (C=O) groups is 1. The van der Waals surface area contributed by atoms with Crippen LogP contribution in [-0.4, -0.2) is 21.9 Å². The molecule has 0 aliphatic carbocycles. The summed E-state index contributed by atoms with van der Waals surface area (Å²) in [7, 11) is 0. The van der Waals surface area contributed by atoms with Crippen LogP contribution < -0.4 is 5.32 Å². The lowest BCUT2D eigenvalue weighted by atomic mass is 10.1. The molecule has 0 bridgehead atoms. The summed E-state index contributed by atoms with van der Waals surface area (Å²) in [4.78, 5) is 21.8. The van der Waals surface area contributed by atoms with Crippen LogP contribution >= 0.6 is 11.8 Å². The fourth-order valence-corrected chi connectivity index (χ4v) is 3.36. The Morgan fingerprint density at radius 1 is 1.08 bits per heavy atom. The topological polar surface area (TPSA) is 54.9 Å². The molecule has 1 N–H and O–H groups in total. The summed E-state index contributed by atoms with van der Waals surface area (Å²) in [6.45, 7) is 10.0. The molecule has 2 rings (SSSR count). The maximum atomic E-state index is 12.7. The zero-order chi connectivity index (χ0) is 17.7. The molecule has 0 spiro atoms. The molecule has 0 unspecified atom stereocenters. The second kappa shape index (κ2) is 8.29. The number of benzene rings is 1. The van der Waals surface area contributed by atoms with E-state index < -0.39 is 0 Å². The third-order valence-corrected chi connectivity index (χ3v) is 4.55. The molecule has 4 nitrogen and oxygen atoms in total. The highest BCUT2D eigenvalue weighted by molar-refractivity contribution is 8.00. The number of thioether (sulfide) groups is 1. The molecule has 5 heteroatoms. The lowest BCUT2D eigenvalue weighted by Crippen LogP contribution is -2.33. The van der Waals surface area contributed by atoms with Crippen LogP contribution in [0.1, 0.15) is 55.9 Å². The van der Waals surface area contributed by atoms with Gasteiger partial charge in [-0.15, -0.1) is 0 Å². The van der Waals surface area contributed by atoms with Crippen LogP contribution in [0, 0.1) is 6.92 Å². The number of nitrogens with one attached hydrogen (secondary N) is 1. The predicted octanol–water partition coefficient (Wildman–Crippen LogP) is 4.27. The molecule has 1 aromatic carbocycles. The SMILES string of the molecule is Cc1cc(S[C@H](C(=O)NC(C)C)c2ccccc2)nc(C(C)C)n1. The van der Waals surface area contributed by atoms with E-state index in [1.165, 1.54) is 11.8 Å². The minimum Gasteiger partial charge on any atom is -0.353 e. The summed E-state index contributed by atoms with van der Waals surface area (Å²) >= 11 is 1.47. The van der Waals surface area contributed by atoms with Gasteiger partial charge < -0.3 is 5.32 Å². The van der Waals surface area contributed by atoms with Crippen molar-refractivity contribution in [3.63, 3.8) is 0 Å². The number of hydrogen-bond acceptors (Lipinski definition) is 4. The summed E-state index contributed by atoms with van der Waals surface area (Å²) in [6.07, 6.45) is 0. The van der Waals surface area contributed by atoms with Crippen LogP contribution in [0.4, 0.5) is 0 Å². The van der Waals surface area contributed by atoms with Crippen LogP contribution in [0.3, 0.4) is 0 Å². The molecule has 24 heavy (non-hydrogen) atoms. The van der Waals surface area contributed by atoms with Gasteiger partial charge in [0.05, 0.1) is 0 Å². The molecule has 0 saturated heterocycles. The number of carbonyl (C=O) groups excluding carboxylic acids is 1. The molecule has 1 aromatic heterocycles. The number of aryl methyl sites for hydroxylation is 1. The quantitative estimate of drug-likeness (QED) is 0.629. The van der Waals surface area contributed by atoms with Gasteiger partial charge in [-0.05, 0) is 32.4 Å². The molecular formula is C19H25N3OS. The lowest BCUT2D eigenvalue weighted by Gasteiger charge is -2.19. The summed E-state index contributed by atoms with van der Waals surface area (Å²) in [5.74, 6) is 1.07. The number of amides is 1. The Hall–Kier alpha value is -1.88. The van der Waals surface area contributed by atoms with E-state index in [2.05, 4.69) is 29.1 Å². The van der Waals surface area contributed by atoms with Crippen molar-refractivity contribution < 1.29 is 4.79 Å². The van der Waals surface area contributed by atoms with Crippen molar-refractivity contribution in [2.45, 2.75) is 56.9 Å². The van der Waals surface area contributed by atoms with Crippen molar-refractivity contribution in [3.05, 3.63) is 53.5 Å². The van der Waals surface area contributed by atoms with Crippen LogP contribution in [0.15, 0.2) is 41.4 Å². The van der Waals surface area contributed by atoms with Crippen LogP contribution in [0.25, 0.3) is 0 Å². The monoisotopic (exact) mass is 343 g/mol. The largest absolute Gasteiger partial charge is 0.353 e. The molecular weight excluding hydrogens is 318 g/mol. The van der Waals surface area contributed by atoms with E-state index in [4.69, 9.17) is 0 Å². The van der Waals surface area contributed by atoms with Crippen molar-refractivity contribution >= 4 is 17.7 Å². The van der Waals surface area contributed by atoms with Crippen molar-refractivity contribution in [1.29, 1.82) is 0 Å². The molecule has 1 heterocycles. The van der Waals surface area contributed by atoms with E-state index in [0.29, 0.717) is 0 Å². The number of hydrogen-bond donors (Lipinski definition) is 1. The van der Waals surface area contributed by atoms with Crippen LogP contribution in [0.2, 0.25) is 0 Å². The fourth-order valence-electron chi connectivity index (χ4n) is 2.26. The Balaban J connectivity index is 2.33. The number of rotatable bonds is 6. The number of aromatic nitrogens is 2. The van der Waals surface area contributed by atoms with E-state index in [1.807, 2.05) is 57.2 Å². The van der Waals surface area contributed by atoms with Crippen LogP contribution in [-0.2, 0) is 4.79 Å². The molecule has 0 saturated carbocycles. The average Bonchev–Trinajstić information content (AvgIpc) is 2.52. The van der Waals surface area contributed by atoms with Crippen LogP contribution in [0.5, 0.6) is 0 Å². The van der Waals surface area contributed by atoms with Gasteiger partial charge in [-0.2, -0.15) is 0 Å². The first-order valence-electron chi connectivity index (χ1n) is 8.24. The molecule has 0 aliphatic heterocycles. The fraction of sp³-hybridized carbons (Fsp3) is 0.421. The average molecular weight is 343 g/mol. The van der Waals surface area contributed by atoms with E-state index in [9.17, 15) is 4.79 Å². The van der Waals surface area contributed by atoms with Gasteiger partial charge in [-0.3, -0.25) is 4.79 Å². The summed E-state index contributed by atoms with van der Waals surface area (Å²) in [6, 6.07) is 11.9. The third-order valence-electron chi connectivity index (χ3n) is 3.37. The van der Waals surface area contributed by atoms with Gasteiger partial charge >= 0.3 is 0 Å². The lowest BCUT2D eigenvalue weighted by molar-refractivity contribution is -0.121. The zero-order valence-corrected chi connectivity index (χ0v) is 15.7. The standard InChI is InChI=1S/C19H25N3OS/c1-12(2)18-21-14(5)11-16(22-18)24-17(19(23)20-13(3)4)15-9-7-6-8-10-15/h6-13,17H,1-5H3,(H,20,23)/t17-/m0/s1. The Morgan fingerprint density at radius 2 is 1.75 bits per heavy atom. The Morgan fingerprint density at radius 3 is 2.33 bits per heavy atom. The summed E-state index contributed by atoms with van der Waals surface area (Å²) < 4.78 is 0. The first kappa shape index (κ1) is 18.5.